The second-order valence-electron chi connectivity index (χ2n) is 8.33. The molecule has 0 aliphatic rings. The lowest BCUT2D eigenvalue weighted by atomic mass is 10.1. The second kappa shape index (κ2) is 11.8. The van der Waals surface area contributed by atoms with Gasteiger partial charge in [-0.1, -0.05) is 39.0 Å². The molecule has 2 unspecified atom stereocenters. The number of oxazole rings is 1. The molecule has 1 rings (SSSR count). The molecule has 0 aliphatic heterocycles. The van der Waals surface area contributed by atoms with E-state index in [2.05, 4.69) is 11.9 Å². The summed E-state index contributed by atoms with van der Waals surface area (Å²) in [6, 6.07) is 0. The highest BCUT2D eigenvalue weighted by molar-refractivity contribution is 7.60. The van der Waals surface area contributed by atoms with Gasteiger partial charge in [0.1, 0.15) is 17.5 Å². The summed E-state index contributed by atoms with van der Waals surface area (Å²) >= 11 is 0. The topological polar surface area (TPSA) is 78.6 Å². The average molecular weight is 416 g/mol. The van der Waals surface area contributed by atoms with Crippen LogP contribution in [0.15, 0.2) is 10.7 Å². The van der Waals surface area contributed by atoms with Crippen LogP contribution in [0.2, 0.25) is 0 Å². The third-order valence-electron chi connectivity index (χ3n) is 4.38. The fourth-order valence-corrected chi connectivity index (χ4v) is 4.58. The van der Waals surface area contributed by atoms with Crippen LogP contribution >= 0.6 is 7.37 Å². The number of carbonyl (C=O) groups excluding carboxylic acids is 1. The minimum absolute atomic E-state index is 0.110. The molecule has 0 saturated carbocycles. The molecule has 1 aromatic heterocycles. The minimum Gasteiger partial charge on any atom is -0.459 e. The summed E-state index contributed by atoms with van der Waals surface area (Å²) in [6.45, 7) is 11.1. The Hall–Kier alpha value is -1.13. The van der Waals surface area contributed by atoms with Gasteiger partial charge in [-0.2, -0.15) is 0 Å². The summed E-state index contributed by atoms with van der Waals surface area (Å²) in [6.07, 6.45) is 9.89. The fourth-order valence-electron chi connectivity index (χ4n) is 2.97. The molecule has 1 heterocycles. The molecule has 0 saturated heterocycles. The Balaban J connectivity index is 2.72. The first-order valence-electron chi connectivity index (χ1n) is 10.5. The molecule has 0 aliphatic carbocycles. The van der Waals surface area contributed by atoms with E-state index >= 15 is 0 Å². The number of aryl methyl sites for hydroxylation is 1. The summed E-state index contributed by atoms with van der Waals surface area (Å²) in [7, 11) is -3.21. The number of hydrogen-bond acceptors (Lipinski definition) is 6. The van der Waals surface area contributed by atoms with Crippen molar-refractivity contribution in [2.45, 2.75) is 97.2 Å². The molecule has 0 amide bonds. The maximum absolute atomic E-state index is 13.0. The van der Waals surface area contributed by atoms with Crippen LogP contribution in [0.5, 0.6) is 0 Å². The number of carbonyl (C=O) groups is 1. The molecule has 0 N–H and O–H groups in total. The van der Waals surface area contributed by atoms with Gasteiger partial charge in [-0.25, -0.2) is 4.98 Å². The molecule has 6 nitrogen and oxygen atoms in total. The zero-order chi connectivity index (χ0) is 21.2. The van der Waals surface area contributed by atoms with Crippen LogP contribution in [-0.2, 0) is 31.5 Å². The Labute approximate surface area is 170 Å². The number of unbranched alkanes of at least 4 members (excludes halogenated alkanes) is 5. The standard InChI is InChI=1S/C21H38NO5P/c1-7-9-10-11-12-13-14-17-16-25-19(22-17)15-18(28(6,24)26-8-2)20(23)27-21(3,4)5/h16,18H,7-15H2,1-6H3. The zero-order valence-corrected chi connectivity index (χ0v) is 19.3. The Morgan fingerprint density at radius 3 is 2.43 bits per heavy atom. The lowest BCUT2D eigenvalue weighted by Gasteiger charge is -2.26. The van der Waals surface area contributed by atoms with E-state index in [1.54, 1.807) is 34.0 Å². The molecule has 0 bridgehead atoms. The highest BCUT2D eigenvalue weighted by atomic mass is 31.2. The van der Waals surface area contributed by atoms with Crippen LogP contribution in [0.25, 0.3) is 0 Å². The molecule has 0 fully saturated rings. The Morgan fingerprint density at radius 2 is 1.82 bits per heavy atom. The van der Waals surface area contributed by atoms with Crippen molar-refractivity contribution in [2.24, 2.45) is 0 Å². The summed E-state index contributed by atoms with van der Waals surface area (Å²) in [5.41, 5.74) is -0.718. The number of rotatable bonds is 13. The predicted octanol–water partition coefficient (Wildman–Crippen LogP) is 5.77. The lowest BCUT2D eigenvalue weighted by molar-refractivity contribution is -0.154. The van der Waals surface area contributed by atoms with E-state index in [-0.39, 0.29) is 13.0 Å². The highest BCUT2D eigenvalue weighted by Crippen LogP contribution is 2.50. The maximum Gasteiger partial charge on any atom is 0.319 e. The molecule has 7 heteroatoms. The molecular formula is C21H38NO5P. The molecule has 1 aromatic rings. The van der Waals surface area contributed by atoms with Crippen LogP contribution in [0.1, 0.15) is 84.7 Å². The van der Waals surface area contributed by atoms with Crippen molar-refractivity contribution in [3.8, 4) is 0 Å². The quantitative estimate of drug-likeness (QED) is 0.231. The van der Waals surface area contributed by atoms with Crippen molar-refractivity contribution >= 4 is 13.3 Å². The van der Waals surface area contributed by atoms with E-state index in [9.17, 15) is 9.36 Å². The Kier molecular flexibility index (Phi) is 10.5. The van der Waals surface area contributed by atoms with Crippen molar-refractivity contribution in [3.05, 3.63) is 17.8 Å². The lowest BCUT2D eigenvalue weighted by Crippen LogP contribution is -2.33. The molecule has 2 atom stereocenters. The summed E-state index contributed by atoms with van der Waals surface area (Å²) in [5.74, 6) is -0.138. The minimum atomic E-state index is -3.21. The van der Waals surface area contributed by atoms with Crippen molar-refractivity contribution in [3.63, 3.8) is 0 Å². The van der Waals surface area contributed by atoms with Gasteiger partial charge in [-0.3, -0.25) is 9.36 Å². The molecule has 0 radical (unpaired) electrons. The first kappa shape index (κ1) is 24.9. The van der Waals surface area contributed by atoms with E-state index in [0.29, 0.717) is 5.89 Å². The maximum atomic E-state index is 13.0. The normalized spacial score (nSPS) is 15.2. The van der Waals surface area contributed by atoms with Gasteiger partial charge >= 0.3 is 5.97 Å². The predicted molar refractivity (Wildman–Crippen MR) is 112 cm³/mol. The van der Waals surface area contributed by atoms with Crippen LogP contribution in [0.4, 0.5) is 0 Å². The number of ether oxygens (including phenoxy) is 1. The van der Waals surface area contributed by atoms with Gasteiger partial charge in [0.25, 0.3) is 0 Å². The van der Waals surface area contributed by atoms with E-state index in [4.69, 9.17) is 13.7 Å². The monoisotopic (exact) mass is 415 g/mol. The van der Waals surface area contributed by atoms with Gasteiger partial charge in [0.05, 0.1) is 12.3 Å². The van der Waals surface area contributed by atoms with Gasteiger partial charge in [0.2, 0.25) is 7.37 Å². The van der Waals surface area contributed by atoms with Crippen molar-refractivity contribution in [1.29, 1.82) is 0 Å². The molecule has 0 spiro atoms. The Morgan fingerprint density at radius 1 is 1.18 bits per heavy atom. The van der Waals surface area contributed by atoms with Crippen molar-refractivity contribution in [1.82, 2.24) is 4.98 Å². The summed E-state index contributed by atoms with van der Waals surface area (Å²) in [4.78, 5) is 17.1. The number of hydrogen-bond donors (Lipinski definition) is 0. The Bertz CT molecular complexity index is 635. The molecule has 28 heavy (non-hydrogen) atoms. The average Bonchev–Trinajstić information content (AvgIpc) is 3.01. The van der Waals surface area contributed by atoms with Crippen LogP contribution in [0, 0.1) is 0 Å². The van der Waals surface area contributed by atoms with Gasteiger partial charge < -0.3 is 13.7 Å². The van der Waals surface area contributed by atoms with Gasteiger partial charge in [-0.15, -0.1) is 0 Å². The molecular weight excluding hydrogens is 377 g/mol. The summed E-state index contributed by atoms with van der Waals surface area (Å²) < 4.78 is 29.4. The first-order valence-corrected chi connectivity index (χ1v) is 12.6. The van der Waals surface area contributed by atoms with Gasteiger partial charge in [0, 0.05) is 13.1 Å². The first-order chi connectivity index (χ1) is 13.1. The molecule has 162 valence electrons. The fraction of sp³-hybridized carbons (Fsp3) is 0.810. The SMILES string of the molecule is CCCCCCCCc1coc(CC(C(=O)OC(C)(C)C)P(C)(=O)OCC)n1. The van der Waals surface area contributed by atoms with Crippen LogP contribution < -0.4 is 0 Å². The zero-order valence-electron chi connectivity index (χ0n) is 18.5. The van der Waals surface area contributed by atoms with Gasteiger partial charge in [0.15, 0.2) is 5.89 Å². The van der Waals surface area contributed by atoms with E-state index < -0.39 is 24.6 Å². The third kappa shape index (κ3) is 9.38. The van der Waals surface area contributed by atoms with Crippen molar-refractivity contribution in [2.75, 3.05) is 13.3 Å². The smallest absolute Gasteiger partial charge is 0.319 e. The van der Waals surface area contributed by atoms with Crippen LogP contribution in [-0.4, -0.2) is 35.5 Å². The largest absolute Gasteiger partial charge is 0.459 e. The molecule has 0 aromatic carbocycles. The van der Waals surface area contributed by atoms with E-state index in [1.165, 1.54) is 38.8 Å². The number of aromatic nitrogens is 1. The van der Waals surface area contributed by atoms with Gasteiger partial charge in [-0.05, 0) is 40.5 Å². The third-order valence-corrected chi connectivity index (χ3v) is 6.68. The number of esters is 1. The highest BCUT2D eigenvalue weighted by Gasteiger charge is 2.39. The van der Waals surface area contributed by atoms with E-state index in [0.717, 1.165) is 18.5 Å². The second-order valence-corrected chi connectivity index (χ2v) is 11.0. The van der Waals surface area contributed by atoms with E-state index in [1.807, 2.05) is 0 Å². The van der Waals surface area contributed by atoms with Crippen molar-refractivity contribution < 1.29 is 23.0 Å². The summed E-state index contributed by atoms with van der Waals surface area (Å²) in [5, 5.41) is 0. The number of nitrogens with zero attached hydrogens (tertiary/aromatic N) is 1. The van der Waals surface area contributed by atoms with Crippen LogP contribution in [0.3, 0.4) is 0 Å².